The first kappa shape index (κ1) is 13.9. The lowest BCUT2D eigenvalue weighted by Crippen LogP contribution is -2.43. The molecular formula is C10H10ClN3O4. The molecule has 1 atom stereocenters. The van der Waals surface area contributed by atoms with Gasteiger partial charge < -0.3 is 16.2 Å². The third-order valence-corrected chi connectivity index (χ3v) is 2.17. The van der Waals surface area contributed by atoms with E-state index in [1.54, 1.807) is 0 Å². The zero-order chi connectivity index (χ0) is 13.7. The molecule has 96 valence electrons. The third kappa shape index (κ3) is 4.02. The van der Waals surface area contributed by atoms with Gasteiger partial charge in [-0.3, -0.25) is 9.59 Å². The van der Waals surface area contributed by atoms with Crippen molar-refractivity contribution in [2.24, 2.45) is 5.73 Å². The van der Waals surface area contributed by atoms with Crippen LogP contribution >= 0.6 is 11.6 Å². The van der Waals surface area contributed by atoms with Gasteiger partial charge in [0.1, 0.15) is 16.9 Å². The molecular weight excluding hydrogens is 262 g/mol. The lowest BCUT2D eigenvalue weighted by molar-refractivity contribution is -0.140. The lowest BCUT2D eigenvalue weighted by atomic mass is 10.2. The van der Waals surface area contributed by atoms with Gasteiger partial charge in [0.2, 0.25) is 5.91 Å². The minimum atomic E-state index is -1.39. The van der Waals surface area contributed by atoms with Gasteiger partial charge in [-0.2, -0.15) is 0 Å². The average Bonchev–Trinajstić information content (AvgIpc) is 2.27. The number of aromatic nitrogens is 1. The van der Waals surface area contributed by atoms with Crippen LogP contribution in [0.15, 0.2) is 18.2 Å². The number of hydrogen-bond donors (Lipinski definition) is 3. The highest BCUT2D eigenvalue weighted by molar-refractivity contribution is 6.29. The number of carboxylic acids is 1. The van der Waals surface area contributed by atoms with Crippen LogP contribution in [0.4, 0.5) is 0 Å². The molecule has 0 aliphatic heterocycles. The highest BCUT2D eigenvalue weighted by Crippen LogP contribution is 2.05. The van der Waals surface area contributed by atoms with Crippen molar-refractivity contribution in [3.05, 3.63) is 29.0 Å². The van der Waals surface area contributed by atoms with Gasteiger partial charge in [-0.15, -0.1) is 0 Å². The Hall–Kier alpha value is -2.15. The predicted molar refractivity (Wildman–Crippen MR) is 61.9 cm³/mol. The molecule has 0 aliphatic rings. The Kier molecular flexibility index (Phi) is 4.61. The number of nitrogens with one attached hydrogen (secondary N) is 1. The van der Waals surface area contributed by atoms with Gasteiger partial charge in [0, 0.05) is 0 Å². The molecule has 18 heavy (non-hydrogen) atoms. The topological polar surface area (TPSA) is 122 Å². The summed E-state index contributed by atoms with van der Waals surface area (Å²) in [6, 6.07) is 2.94. The summed E-state index contributed by atoms with van der Waals surface area (Å²) in [5.41, 5.74) is 4.84. The lowest BCUT2D eigenvalue weighted by Gasteiger charge is -2.12. The number of amides is 2. The van der Waals surface area contributed by atoms with Gasteiger partial charge in [-0.25, -0.2) is 9.78 Å². The van der Waals surface area contributed by atoms with Crippen molar-refractivity contribution in [3.63, 3.8) is 0 Å². The number of pyridine rings is 1. The minimum absolute atomic E-state index is 0.0433. The van der Waals surface area contributed by atoms with E-state index in [0.717, 1.165) is 0 Å². The van der Waals surface area contributed by atoms with E-state index in [1.807, 2.05) is 0 Å². The molecule has 0 aliphatic carbocycles. The van der Waals surface area contributed by atoms with Crippen LogP contribution in [0.25, 0.3) is 0 Å². The number of halogens is 1. The molecule has 0 aromatic carbocycles. The van der Waals surface area contributed by atoms with Crippen LogP contribution < -0.4 is 11.1 Å². The molecule has 0 saturated carbocycles. The number of aliphatic carboxylic acids is 1. The van der Waals surface area contributed by atoms with E-state index in [4.69, 9.17) is 22.4 Å². The fourth-order valence-corrected chi connectivity index (χ4v) is 1.33. The van der Waals surface area contributed by atoms with E-state index >= 15 is 0 Å². The standard InChI is InChI=1S/C10H10ClN3O4/c11-7-3-1-2-5(13-7)9(16)14-6(10(17)18)4-8(12)15/h1-3,6H,4H2,(H2,12,15)(H,14,16)(H,17,18)/t6-/m1/s1. The normalized spacial score (nSPS) is 11.6. The summed E-state index contributed by atoms with van der Waals surface area (Å²) in [5, 5.41) is 11.0. The highest BCUT2D eigenvalue weighted by atomic mass is 35.5. The van der Waals surface area contributed by atoms with E-state index in [9.17, 15) is 14.4 Å². The summed E-state index contributed by atoms with van der Waals surface area (Å²) in [5.74, 6) is -2.93. The fraction of sp³-hybridized carbons (Fsp3) is 0.200. The smallest absolute Gasteiger partial charge is 0.326 e. The molecule has 0 bridgehead atoms. The van der Waals surface area contributed by atoms with Crippen LogP contribution in [-0.2, 0) is 9.59 Å². The monoisotopic (exact) mass is 271 g/mol. The molecule has 4 N–H and O–H groups in total. The van der Waals surface area contributed by atoms with Gasteiger partial charge >= 0.3 is 5.97 Å². The summed E-state index contributed by atoms with van der Waals surface area (Å²) in [6.45, 7) is 0. The molecule has 0 fully saturated rings. The first-order chi connectivity index (χ1) is 8.40. The zero-order valence-electron chi connectivity index (χ0n) is 9.09. The zero-order valence-corrected chi connectivity index (χ0v) is 9.85. The Bertz CT molecular complexity index is 492. The molecule has 0 unspecified atom stereocenters. The van der Waals surface area contributed by atoms with Crippen molar-refractivity contribution in [2.75, 3.05) is 0 Å². The molecule has 1 rings (SSSR count). The Morgan fingerprint density at radius 2 is 2.11 bits per heavy atom. The van der Waals surface area contributed by atoms with Gasteiger partial charge in [-0.05, 0) is 12.1 Å². The molecule has 0 radical (unpaired) electrons. The molecule has 0 saturated heterocycles. The van der Waals surface area contributed by atoms with Crippen LogP contribution in [0.5, 0.6) is 0 Å². The fourth-order valence-electron chi connectivity index (χ4n) is 1.17. The van der Waals surface area contributed by atoms with Crippen LogP contribution in [0, 0.1) is 0 Å². The second-order valence-electron chi connectivity index (χ2n) is 3.38. The van der Waals surface area contributed by atoms with E-state index in [-0.39, 0.29) is 10.8 Å². The quantitative estimate of drug-likeness (QED) is 0.640. The Balaban J connectivity index is 2.78. The number of carbonyl (C=O) groups is 3. The maximum atomic E-state index is 11.6. The number of rotatable bonds is 5. The minimum Gasteiger partial charge on any atom is -0.480 e. The molecule has 0 spiro atoms. The maximum absolute atomic E-state index is 11.6. The number of carboxylic acid groups (broad SMARTS) is 1. The van der Waals surface area contributed by atoms with E-state index in [1.165, 1.54) is 18.2 Å². The van der Waals surface area contributed by atoms with Crippen LogP contribution in [-0.4, -0.2) is 33.9 Å². The van der Waals surface area contributed by atoms with Crippen LogP contribution in [0.1, 0.15) is 16.9 Å². The molecule has 1 aromatic heterocycles. The Morgan fingerprint density at radius 3 is 2.61 bits per heavy atom. The number of carbonyl (C=O) groups excluding carboxylic acids is 2. The molecule has 1 heterocycles. The van der Waals surface area contributed by atoms with Gasteiger partial charge in [0.05, 0.1) is 6.42 Å². The summed E-state index contributed by atoms with van der Waals surface area (Å²) in [4.78, 5) is 36.8. The van der Waals surface area contributed by atoms with E-state index < -0.39 is 30.2 Å². The summed E-state index contributed by atoms with van der Waals surface area (Å²) >= 11 is 5.59. The average molecular weight is 272 g/mol. The highest BCUT2D eigenvalue weighted by Gasteiger charge is 2.23. The second-order valence-corrected chi connectivity index (χ2v) is 3.77. The van der Waals surface area contributed by atoms with Gasteiger partial charge in [-0.1, -0.05) is 17.7 Å². The summed E-state index contributed by atoms with van der Waals surface area (Å²) < 4.78 is 0. The first-order valence-electron chi connectivity index (χ1n) is 4.84. The van der Waals surface area contributed by atoms with Crippen LogP contribution in [0.2, 0.25) is 5.15 Å². The Labute approximate surface area is 107 Å². The number of nitrogens with two attached hydrogens (primary N) is 1. The van der Waals surface area contributed by atoms with E-state index in [2.05, 4.69) is 10.3 Å². The van der Waals surface area contributed by atoms with Crippen molar-refractivity contribution < 1.29 is 19.5 Å². The molecule has 7 nitrogen and oxygen atoms in total. The molecule has 1 aromatic rings. The number of hydrogen-bond acceptors (Lipinski definition) is 4. The second kappa shape index (κ2) is 5.97. The van der Waals surface area contributed by atoms with Crippen LogP contribution in [0.3, 0.4) is 0 Å². The molecule has 2 amide bonds. The first-order valence-corrected chi connectivity index (χ1v) is 5.22. The molecule has 8 heteroatoms. The number of nitrogens with zero attached hydrogens (tertiary/aromatic N) is 1. The Morgan fingerprint density at radius 1 is 1.44 bits per heavy atom. The van der Waals surface area contributed by atoms with Crippen molar-refractivity contribution in [2.45, 2.75) is 12.5 Å². The van der Waals surface area contributed by atoms with Crippen molar-refractivity contribution >= 4 is 29.4 Å². The van der Waals surface area contributed by atoms with E-state index in [0.29, 0.717) is 0 Å². The predicted octanol–water partition coefficient (Wildman–Crippen LogP) is -0.207. The number of primary amides is 1. The summed E-state index contributed by atoms with van der Waals surface area (Å²) in [6.07, 6.45) is -0.498. The third-order valence-electron chi connectivity index (χ3n) is 1.96. The van der Waals surface area contributed by atoms with Crippen molar-refractivity contribution in [1.29, 1.82) is 0 Å². The van der Waals surface area contributed by atoms with Gasteiger partial charge in [0.25, 0.3) is 5.91 Å². The van der Waals surface area contributed by atoms with Gasteiger partial charge in [0.15, 0.2) is 0 Å². The maximum Gasteiger partial charge on any atom is 0.326 e. The van der Waals surface area contributed by atoms with Crippen molar-refractivity contribution in [3.8, 4) is 0 Å². The van der Waals surface area contributed by atoms with Crippen molar-refractivity contribution in [1.82, 2.24) is 10.3 Å². The SMILES string of the molecule is NC(=O)C[C@@H](NC(=O)c1cccc(Cl)n1)C(=O)O. The summed E-state index contributed by atoms with van der Waals surface area (Å²) in [7, 11) is 0. The largest absolute Gasteiger partial charge is 0.480 e.